The maximum absolute atomic E-state index is 6.05. The minimum Gasteiger partial charge on any atom is -0.257 e. The third kappa shape index (κ3) is 1.46. The van der Waals surface area contributed by atoms with Gasteiger partial charge in [0.1, 0.15) is 0 Å². The number of benzene rings is 1. The molecule has 0 spiro atoms. The number of rotatable bonds is 1. The molecule has 0 aliphatic carbocycles. The molecule has 64 valence electrons. The van der Waals surface area contributed by atoms with Crippen molar-refractivity contribution in [3.63, 3.8) is 0 Å². The summed E-state index contributed by atoms with van der Waals surface area (Å²) >= 11 is 6.05. The van der Waals surface area contributed by atoms with Gasteiger partial charge in [-0.05, 0) is 11.6 Å². The molecule has 2 N–H and O–H groups in total. The minimum absolute atomic E-state index is 0.513. The largest absolute Gasteiger partial charge is 0.257 e. The molecule has 0 bridgehead atoms. The van der Waals surface area contributed by atoms with Crippen molar-refractivity contribution in [3.8, 4) is 0 Å². The summed E-state index contributed by atoms with van der Waals surface area (Å²) in [5.41, 5.74) is 7.41. The maximum Gasteiger partial charge on any atom is 0.0441 e. The van der Waals surface area contributed by atoms with E-state index in [2.05, 4.69) is 16.9 Å². The molecule has 2 nitrogen and oxygen atoms in total. The monoisotopic (exact) mass is 182 g/mol. The third-order valence-corrected chi connectivity index (χ3v) is 2.51. The summed E-state index contributed by atoms with van der Waals surface area (Å²) in [4.78, 5) is 0. The van der Waals surface area contributed by atoms with E-state index < -0.39 is 0 Å². The van der Waals surface area contributed by atoms with E-state index in [1.54, 1.807) is 0 Å². The molecule has 1 heterocycles. The molecule has 0 unspecified atom stereocenters. The van der Waals surface area contributed by atoms with Crippen LogP contribution in [0.4, 0.5) is 0 Å². The normalized spacial score (nSPS) is 18.4. The van der Waals surface area contributed by atoms with Crippen LogP contribution in [0, 0.1) is 0 Å². The molecule has 1 aliphatic rings. The van der Waals surface area contributed by atoms with E-state index in [0.29, 0.717) is 5.92 Å². The third-order valence-electron chi connectivity index (χ3n) is 2.17. The summed E-state index contributed by atoms with van der Waals surface area (Å²) in [6.45, 7) is 1.92. The van der Waals surface area contributed by atoms with E-state index in [-0.39, 0.29) is 0 Å². The molecule has 0 atom stereocenters. The fourth-order valence-electron chi connectivity index (χ4n) is 1.49. The predicted octanol–water partition coefficient (Wildman–Crippen LogP) is 1.53. The zero-order chi connectivity index (χ0) is 8.39. The number of halogens is 1. The lowest BCUT2D eigenvalue weighted by atomic mass is 10.0. The second kappa shape index (κ2) is 3.44. The summed E-state index contributed by atoms with van der Waals surface area (Å²) < 4.78 is 0. The van der Waals surface area contributed by atoms with Crippen LogP contribution in [-0.2, 0) is 0 Å². The Kier molecular flexibility index (Phi) is 2.30. The number of nitrogens with one attached hydrogen (secondary N) is 2. The highest BCUT2D eigenvalue weighted by molar-refractivity contribution is 6.31. The van der Waals surface area contributed by atoms with Gasteiger partial charge in [0.25, 0.3) is 0 Å². The molecule has 1 fully saturated rings. The van der Waals surface area contributed by atoms with Crippen molar-refractivity contribution in [2.45, 2.75) is 5.92 Å². The van der Waals surface area contributed by atoms with Crippen molar-refractivity contribution in [3.05, 3.63) is 34.9 Å². The van der Waals surface area contributed by atoms with Gasteiger partial charge >= 0.3 is 0 Å². The lowest BCUT2D eigenvalue weighted by molar-refractivity contribution is 0.689. The molecular weight excluding hydrogens is 172 g/mol. The molecular formula is C9H11ClN2. The Morgan fingerprint density at radius 2 is 1.83 bits per heavy atom. The first-order valence-corrected chi connectivity index (χ1v) is 4.46. The lowest BCUT2D eigenvalue weighted by Crippen LogP contribution is -2.21. The Morgan fingerprint density at radius 1 is 1.17 bits per heavy atom. The first kappa shape index (κ1) is 8.05. The second-order valence-corrected chi connectivity index (χ2v) is 3.39. The van der Waals surface area contributed by atoms with Gasteiger partial charge in [0, 0.05) is 24.0 Å². The molecule has 2 rings (SSSR count). The summed E-state index contributed by atoms with van der Waals surface area (Å²) in [7, 11) is 0. The molecule has 1 aromatic carbocycles. The van der Waals surface area contributed by atoms with Crippen molar-refractivity contribution in [2.75, 3.05) is 13.1 Å². The molecule has 3 heteroatoms. The Morgan fingerprint density at radius 3 is 2.50 bits per heavy atom. The minimum atomic E-state index is 0.513. The van der Waals surface area contributed by atoms with Crippen LogP contribution in [0.1, 0.15) is 11.5 Å². The zero-order valence-electron chi connectivity index (χ0n) is 6.68. The van der Waals surface area contributed by atoms with E-state index in [1.165, 1.54) is 5.56 Å². The van der Waals surface area contributed by atoms with E-state index in [9.17, 15) is 0 Å². The summed E-state index contributed by atoms with van der Waals surface area (Å²) in [5, 5.41) is 0.869. The van der Waals surface area contributed by atoms with Crippen LogP contribution >= 0.6 is 11.6 Å². The fourth-order valence-corrected chi connectivity index (χ4v) is 1.78. The quantitative estimate of drug-likeness (QED) is 0.689. The van der Waals surface area contributed by atoms with Crippen molar-refractivity contribution in [1.29, 1.82) is 0 Å². The number of hydrogen-bond donors (Lipinski definition) is 2. The van der Waals surface area contributed by atoms with Gasteiger partial charge in [-0.2, -0.15) is 0 Å². The van der Waals surface area contributed by atoms with Crippen LogP contribution in [0.25, 0.3) is 0 Å². The fraction of sp³-hybridized carbons (Fsp3) is 0.333. The number of hydrogen-bond acceptors (Lipinski definition) is 2. The SMILES string of the molecule is Clc1ccccc1C1CNNC1. The van der Waals surface area contributed by atoms with Crippen molar-refractivity contribution >= 4 is 11.6 Å². The maximum atomic E-state index is 6.05. The molecule has 0 aromatic heterocycles. The van der Waals surface area contributed by atoms with Gasteiger partial charge in [0.05, 0.1) is 0 Å². The van der Waals surface area contributed by atoms with Gasteiger partial charge in [-0.3, -0.25) is 10.9 Å². The summed E-state index contributed by atoms with van der Waals surface area (Å²) in [6.07, 6.45) is 0. The van der Waals surface area contributed by atoms with E-state index in [4.69, 9.17) is 11.6 Å². The number of hydrazine groups is 1. The van der Waals surface area contributed by atoms with Crippen LogP contribution in [0.2, 0.25) is 5.02 Å². The highest BCUT2D eigenvalue weighted by Gasteiger charge is 2.17. The first-order chi connectivity index (χ1) is 5.88. The van der Waals surface area contributed by atoms with Gasteiger partial charge in [-0.15, -0.1) is 0 Å². The van der Waals surface area contributed by atoms with Crippen LogP contribution < -0.4 is 10.9 Å². The van der Waals surface area contributed by atoms with Crippen molar-refractivity contribution in [1.82, 2.24) is 10.9 Å². The predicted molar refractivity (Wildman–Crippen MR) is 50.2 cm³/mol. The highest BCUT2D eigenvalue weighted by atomic mass is 35.5. The van der Waals surface area contributed by atoms with Crippen LogP contribution in [-0.4, -0.2) is 13.1 Å². The van der Waals surface area contributed by atoms with E-state index in [0.717, 1.165) is 18.1 Å². The first-order valence-electron chi connectivity index (χ1n) is 4.08. The Labute approximate surface area is 76.9 Å². The highest BCUT2D eigenvalue weighted by Crippen LogP contribution is 2.24. The molecule has 1 aromatic rings. The Hall–Kier alpha value is -0.570. The van der Waals surface area contributed by atoms with Gasteiger partial charge in [-0.1, -0.05) is 29.8 Å². The van der Waals surface area contributed by atoms with Crippen LogP contribution in [0.3, 0.4) is 0 Å². The van der Waals surface area contributed by atoms with Crippen molar-refractivity contribution < 1.29 is 0 Å². The van der Waals surface area contributed by atoms with Gasteiger partial charge in [-0.25, -0.2) is 0 Å². The molecule has 0 radical (unpaired) electrons. The van der Waals surface area contributed by atoms with Gasteiger partial charge in [0.15, 0.2) is 0 Å². The summed E-state index contributed by atoms with van der Waals surface area (Å²) in [6, 6.07) is 8.01. The molecule has 12 heavy (non-hydrogen) atoms. The Balaban J connectivity index is 2.26. The van der Waals surface area contributed by atoms with Gasteiger partial charge < -0.3 is 0 Å². The van der Waals surface area contributed by atoms with Gasteiger partial charge in [0.2, 0.25) is 0 Å². The Bertz CT molecular complexity index is 269. The summed E-state index contributed by atoms with van der Waals surface area (Å²) in [5.74, 6) is 0.513. The lowest BCUT2D eigenvalue weighted by Gasteiger charge is -2.08. The average Bonchev–Trinajstić information content (AvgIpc) is 2.57. The van der Waals surface area contributed by atoms with Crippen LogP contribution in [0.5, 0.6) is 0 Å². The molecule has 1 saturated heterocycles. The zero-order valence-corrected chi connectivity index (χ0v) is 7.43. The van der Waals surface area contributed by atoms with E-state index in [1.807, 2.05) is 18.2 Å². The molecule has 0 saturated carbocycles. The smallest absolute Gasteiger partial charge is 0.0441 e. The topological polar surface area (TPSA) is 24.1 Å². The second-order valence-electron chi connectivity index (χ2n) is 2.98. The van der Waals surface area contributed by atoms with Crippen molar-refractivity contribution in [2.24, 2.45) is 0 Å². The standard InChI is InChI=1S/C9H11ClN2/c10-9-4-2-1-3-8(9)7-5-11-12-6-7/h1-4,7,11-12H,5-6H2. The van der Waals surface area contributed by atoms with Crippen LogP contribution in [0.15, 0.2) is 24.3 Å². The average molecular weight is 183 g/mol. The molecule has 0 amide bonds. The van der Waals surface area contributed by atoms with E-state index >= 15 is 0 Å². The molecule has 1 aliphatic heterocycles.